The van der Waals surface area contributed by atoms with Crippen LogP contribution in [0.3, 0.4) is 0 Å². The first-order valence-electron chi connectivity index (χ1n) is 11.4. The van der Waals surface area contributed by atoms with Gasteiger partial charge in [0.1, 0.15) is 5.03 Å². The Morgan fingerprint density at radius 3 is 2.32 bits per heavy atom. The lowest BCUT2D eigenvalue weighted by Crippen LogP contribution is -2.48. The molecule has 0 bridgehead atoms. The highest BCUT2D eigenvalue weighted by Gasteiger charge is 2.44. The quantitative estimate of drug-likeness (QED) is 0.274. The summed E-state index contributed by atoms with van der Waals surface area (Å²) in [6, 6.07) is 0. The molecule has 0 unspecified atom stereocenters. The standard InChI is InChI=1S/C22H32FN5O2S/c1-31-20-17(23)16-24-21(25-20)27-12-10-26(11-13-27)8-4-5-9-28-18(29)14-22(15-19(28)30)6-2-3-7-22/h16H,2-15H2,1H3. The molecular weight excluding hydrogens is 417 g/mol. The molecule has 9 heteroatoms. The van der Waals surface area contributed by atoms with E-state index in [1.54, 1.807) is 0 Å². The Labute approximate surface area is 187 Å². The van der Waals surface area contributed by atoms with Gasteiger partial charge in [-0.3, -0.25) is 19.4 Å². The highest BCUT2D eigenvalue weighted by molar-refractivity contribution is 7.98. The lowest BCUT2D eigenvalue weighted by molar-refractivity contribution is -0.153. The largest absolute Gasteiger partial charge is 0.338 e. The van der Waals surface area contributed by atoms with Crippen LogP contribution < -0.4 is 4.90 Å². The first-order valence-corrected chi connectivity index (χ1v) is 12.6. The minimum Gasteiger partial charge on any atom is -0.338 e. The Morgan fingerprint density at radius 1 is 1.03 bits per heavy atom. The normalized spacial score (nSPS) is 22.0. The van der Waals surface area contributed by atoms with E-state index >= 15 is 0 Å². The molecule has 7 nitrogen and oxygen atoms in total. The van der Waals surface area contributed by atoms with Crippen molar-refractivity contribution in [1.82, 2.24) is 19.8 Å². The van der Waals surface area contributed by atoms with E-state index in [4.69, 9.17) is 0 Å². The Balaban J connectivity index is 1.17. The van der Waals surface area contributed by atoms with Crippen molar-refractivity contribution in [2.24, 2.45) is 5.41 Å². The smallest absolute Gasteiger partial charge is 0.229 e. The van der Waals surface area contributed by atoms with Gasteiger partial charge in [0.15, 0.2) is 5.82 Å². The zero-order valence-corrected chi connectivity index (χ0v) is 19.1. The van der Waals surface area contributed by atoms with Crippen molar-refractivity contribution in [1.29, 1.82) is 0 Å². The molecule has 0 radical (unpaired) electrons. The number of likely N-dealkylation sites (tertiary alicyclic amines) is 1. The summed E-state index contributed by atoms with van der Waals surface area (Å²) < 4.78 is 13.6. The number of hydrogen-bond donors (Lipinski definition) is 0. The topological polar surface area (TPSA) is 69.6 Å². The average molecular weight is 450 g/mol. The molecule has 2 amide bonds. The van der Waals surface area contributed by atoms with Gasteiger partial charge in [0, 0.05) is 45.6 Å². The first kappa shape index (κ1) is 22.5. The van der Waals surface area contributed by atoms with Crippen LogP contribution in [0.4, 0.5) is 10.3 Å². The lowest BCUT2D eigenvalue weighted by atomic mass is 9.76. The average Bonchev–Trinajstić information content (AvgIpc) is 3.20. The number of aromatic nitrogens is 2. The fraction of sp³-hybridized carbons (Fsp3) is 0.727. The number of nitrogens with zero attached hydrogens (tertiary/aromatic N) is 5. The third-order valence-corrected chi connectivity index (χ3v) is 7.65. The summed E-state index contributed by atoms with van der Waals surface area (Å²) in [4.78, 5) is 39.6. The van der Waals surface area contributed by atoms with Crippen molar-refractivity contribution in [3.63, 3.8) is 0 Å². The first-order chi connectivity index (χ1) is 15.0. The minimum atomic E-state index is -0.376. The molecule has 1 aromatic rings. The van der Waals surface area contributed by atoms with Gasteiger partial charge in [-0.2, -0.15) is 0 Å². The molecule has 31 heavy (non-hydrogen) atoms. The van der Waals surface area contributed by atoms with Crippen molar-refractivity contribution in [3.8, 4) is 0 Å². The molecule has 0 N–H and O–H groups in total. The molecule has 1 aliphatic carbocycles. The maximum Gasteiger partial charge on any atom is 0.229 e. The number of rotatable bonds is 7. The van der Waals surface area contributed by atoms with Crippen LogP contribution in [0.5, 0.6) is 0 Å². The molecule has 1 aromatic heterocycles. The second kappa shape index (κ2) is 9.81. The second-order valence-corrected chi connectivity index (χ2v) is 9.86. The van der Waals surface area contributed by atoms with Gasteiger partial charge in [-0.15, -0.1) is 11.8 Å². The van der Waals surface area contributed by atoms with Gasteiger partial charge in [-0.1, -0.05) is 12.8 Å². The monoisotopic (exact) mass is 449 g/mol. The van der Waals surface area contributed by atoms with Crippen molar-refractivity contribution in [2.45, 2.75) is 56.4 Å². The van der Waals surface area contributed by atoms with Gasteiger partial charge in [0.2, 0.25) is 17.8 Å². The summed E-state index contributed by atoms with van der Waals surface area (Å²) in [5.74, 6) is 0.290. The number of thioether (sulfide) groups is 1. The number of piperidine rings is 1. The van der Waals surface area contributed by atoms with Gasteiger partial charge < -0.3 is 4.90 Å². The van der Waals surface area contributed by atoms with Crippen LogP contribution in [-0.4, -0.2) is 77.1 Å². The van der Waals surface area contributed by atoms with Crippen molar-refractivity contribution < 1.29 is 14.0 Å². The number of carbonyl (C=O) groups excluding carboxylic acids is 2. The van der Waals surface area contributed by atoms with E-state index in [2.05, 4.69) is 19.8 Å². The van der Waals surface area contributed by atoms with Crippen LogP contribution >= 0.6 is 11.8 Å². The van der Waals surface area contributed by atoms with Crippen LogP contribution in [-0.2, 0) is 9.59 Å². The molecule has 2 saturated heterocycles. The van der Waals surface area contributed by atoms with E-state index < -0.39 is 0 Å². The van der Waals surface area contributed by atoms with Crippen molar-refractivity contribution >= 4 is 29.5 Å². The maximum atomic E-state index is 13.6. The number of unbranched alkanes of at least 4 members (excludes halogenated alkanes) is 1. The molecule has 4 rings (SSSR count). The highest BCUT2D eigenvalue weighted by atomic mass is 32.2. The van der Waals surface area contributed by atoms with Gasteiger partial charge in [-0.05, 0) is 43.9 Å². The summed E-state index contributed by atoms with van der Waals surface area (Å²) in [7, 11) is 0. The summed E-state index contributed by atoms with van der Waals surface area (Å²) in [5, 5.41) is 0.382. The molecule has 3 fully saturated rings. The molecule has 1 saturated carbocycles. The number of amides is 2. The predicted octanol–water partition coefficient (Wildman–Crippen LogP) is 2.95. The third-order valence-electron chi connectivity index (χ3n) is 6.97. The number of carbonyl (C=O) groups is 2. The van der Waals surface area contributed by atoms with E-state index in [0.717, 1.165) is 71.2 Å². The zero-order chi connectivity index (χ0) is 21.8. The van der Waals surface area contributed by atoms with Crippen LogP contribution in [0.15, 0.2) is 11.2 Å². The van der Waals surface area contributed by atoms with Gasteiger partial charge in [0.25, 0.3) is 0 Å². The number of anilines is 1. The van der Waals surface area contributed by atoms with Gasteiger partial charge in [-0.25, -0.2) is 14.4 Å². The van der Waals surface area contributed by atoms with E-state index in [9.17, 15) is 14.0 Å². The molecule has 3 aliphatic rings. The molecule has 0 atom stereocenters. The summed E-state index contributed by atoms with van der Waals surface area (Å²) >= 11 is 1.29. The van der Waals surface area contributed by atoms with E-state index in [0.29, 0.717) is 30.4 Å². The Bertz CT molecular complexity index is 789. The second-order valence-electron chi connectivity index (χ2n) is 9.06. The summed E-state index contributed by atoms with van der Waals surface area (Å²) in [6.45, 7) is 4.93. The lowest BCUT2D eigenvalue weighted by Gasteiger charge is -2.37. The zero-order valence-electron chi connectivity index (χ0n) is 18.3. The number of imide groups is 1. The number of hydrogen-bond acceptors (Lipinski definition) is 7. The van der Waals surface area contributed by atoms with E-state index in [-0.39, 0.29) is 23.0 Å². The van der Waals surface area contributed by atoms with Crippen LogP contribution in [0.1, 0.15) is 51.4 Å². The number of piperazine rings is 1. The number of halogens is 1. The third kappa shape index (κ3) is 5.19. The van der Waals surface area contributed by atoms with Gasteiger partial charge >= 0.3 is 0 Å². The minimum absolute atomic E-state index is 0.0187. The van der Waals surface area contributed by atoms with Gasteiger partial charge in [0.05, 0.1) is 6.20 Å². The Hall–Kier alpha value is -1.74. The fourth-order valence-electron chi connectivity index (χ4n) is 5.18. The van der Waals surface area contributed by atoms with Crippen molar-refractivity contribution in [3.05, 3.63) is 12.0 Å². The summed E-state index contributed by atoms with van der Waals surface area (Å²) in [6.07, 6.45) is 10.4. The Morgan fingerprint density at radius 2 is 1.68 bits per heavy atom. The molecule has 2 aliphatic heterocycles. The molecule has 1 spiro atoms. The maximum absolute atomic E-state index is 13.6. The van der Waals surface area contributed by atoms with E-state index in [1.807, 2.05) is 6.26 Å². The van der Waals surface area contributed by atoms with Crippen LogP contribution in [0.2, 0.25) is 0 Å². The highest BCUT2D eigenvalue weighted by Crippen LogP contribution is 2.46. The van der Waals surface area contributed by atoms with Crippen molar-refractivity contribution in [2.75, 3.05) is 50.4 Å². The Kier molecular flexibility index (Phi) is 7.11. The predicted molar refractivity (Wildman–Crippen MR) is 119 cm³/mol. The molecule has 3 heterocycles. The van der Waals surface area contributed by atoms with E-state index in [1.165, 1.54) is 22.9 Å². The molecule has 170 valence electrons. The summed E-state index contributed by atoms with van der Waals surface area (Å²) in [5.41, 5.74) is -0.0187. The SMILES string of the molecule is CSc1nc(N2CCN(CCCCN3C(=O)CC4(CCCC4)CC3=O)CC2)ncc1F. The molecule has 0 aromatic carbocycles. The van der Waals surface area contributed by atoms with Crippen LogP contribution in [0.25, 0.3) is 0 Å². The van der Waals surface area contributed by atoms with Crippen LogP contribution in [0, 0.1) is 11.2 Å². The molecular formula is C22H32FN5O2S. The fourth-order valence-corrected chi connectivity index (χ4v) is 5.60.